The monoisotopic (exact) mass is 456 g/mol. The van der Waals surface area contributed by atoms with Crippen LogP contribution in [0.15, 0.2) is 94.5 Å². The van der Waals surface area contributed by atoms with E-state index in [0.29, 0.717) is 21.5 Å². The number of hydrazone groups is 1. The highest BCUT2D eigenvalue weighted by Gasteiger charge is 2.35. The van der Waals surface area contributed by atoms with Crippen molar-refractivity contribution >= 4 is 39.8 Å². The molecule has 0 spiro atoms. The molecule has 2 heterocycles. The molecule has 33 heavy (non-hydrogen) atoms. The minimum Gasteiger partial charge on any atom is -0.489 e. The average Bonchev–Trinajstić information content (AvgIpc) is 3.26. The number of hydrogen-bond donors (Lipinski definition) is 1. The van der Waals surface area contributed by atoms with Gasteiger partial charge in [0.25, 0.3) is 5.91 Å². The maximum Gasteiger partial charge on any atom is 0.283 e. The summed E-state index contributed by atoms with van der Waals surface area (Å²) in [6, 6.07) is 22.9. The van der Waals surface area contributed by atoms with E-state index in [4.69, 9.17) is 10.1 Å². The van der Waals surface area contributed by atoms with E-state index in [1.807, 2.05) is 36.4 Å². The Balaban J connectivity index is 1.36. The summed E-state index contributed by atoms with van der Waals surface area (Å²) in [5, 5.41) is 15.5. The van der Waals surface area contributed by atoms with E-state index in [0.717, 1.165) is 11.1 Å². The lowest BCUT2D eigenvalue weighted by atomic mass is 10.1. The molecule has 0 fully saturated rings. The van der Waals surface area contributed by atoms with E-state index >= 15 is 0 Å². The molecule has 3 aromatic rings. The molecule has 0 bridgehead atoms. The van der Waals surface area contributed by atoms with Crippen molar-refractivity contribution in [1.29, 1.82) is 5.41 Å². The van der Waals surface area contributed by atoms with Crippen molar-refractivity contribution in [3.05, 3.63) is 107 Å². The molecule has 0 atom stereocenters. The van der Waals surface area contributed by atoms with Gasteiger partial charge in [-0.2, -0.15) is 15.1 Å². The van der Waals surface area contributed by atoms with Gasteiger partial charge in [0, 0.05) is 5.56 Å². The summed E-state index contributed by atoms with van der Waals surface area (Å²) in [5.41, 5.74) is 2.58. The molecule has 2 aliphatic heterocycles. The van der Waals surface area contributed by atoms with Gasteiger partial charge in [-0.05, 0) is 53.2 Å². The molecule has 8 heteroatoms. The molecular weight excluding hydrogens is 439 g/mol. The standard InChI is InChI=1S/C25H17FN4O2S/c26-19-11-9-16(10-12-19)15-32-20-8-4-5-17(13-20)14-21-22(27)30-25(28-23(21)31)33-24(29-30)18-6-2-1-3-7-18/h1-14,27H,15H2. The van der Waals surface area contributed by atoms with Crippen LogP contribution in [0.4, 0.5) is 4.39 Å². The van der Waals surface area contributed by atoms with E-state index in [1.165, 1.54) is 28.9 Å². The fourth-order valence-corrected chi connectivity index (χ4v) is 4.19. The third kappa shape index (κ3) is 4.47. The van der Waals surface area contributed by atoms with E-state index in [9.17, 15) is 9.18 Å². The van der Waals surface area contributed by atoms with Crippen LogP contribution in [-0.2, 0) is 11.4 Å². The normalized spacial score (nSPS) is 16.5. The van der Waals surface area contributed by atoms with Crippen molar-refractivity contribution in [3.63, 3.8) is 0 Å². The molecule has 2 aliphatic rings. The zero-order valence-corrected chi connectivity index (χ0v) is 18.1. The largest absolute Gasteiger partial charge is 0.489 e. The number of carbonyl (C=O) groups is 1. The Morgan fingerprint density at radius 1 is 1.03 bits per heavy atom. The number of amides is 1. The van der Waals surface area contributed by atoms with Crippen LogP contribution in [-0.4, -0.2) is 27.0 Å². The Morgan fingerprint density at radius 2 is 1.82 bits per heavy atom. The predicted molar refractivity (Wildman–Crippen MR) is 128 cm³/mol. The minimum absolute atomic E-state index is 0.0268. The topological polar surface area (TPSA) is 78.1 Å². The lowest BCUT2D eigenvalue weighted by Gasteiger charge is -2.20. The number of halogens is 1. The number of rotatable bonds is 5. The van der Waals surface area contributed by atoms with Crippen molar-refractivity contribution in [2.45, 2.75) is 6.61 Å². The first kappa shape index (κ1) is 20.8. The van der Waals surface area contributed by atoms with Crippen molar-refractivity contribution in [2.24, 2.45) is 10.1 Å². The van der Waals surface area contributed by atoms with Crippen LogP contribution in [0.25, 0.3) is 6.08 Å². The maximum absolute atomic E-state index is 13.1. The molecular formula is C25H17FN4O2S. The third-order valence-corrected chi connectivity index (χ3v) is 5.92. The first-order valence-corrected chi connectivity index (χ1v) is 10.9. The maximum atomic E-state index is 13.1. The summed E-state index contributed by atoms with van der Waals surface area (Å²) >= 11 is 1.26. The van der Waals surface area contributed by atoms with Gasteiger partial charge >= 0.3 is 0 Å². The molecule has 6 nitrogen and oxygen atoms in total. The summed E-state index contributed by atoms with van der Waals surface area (Å²) in [6.45, 7) is 0.282. The van der Waals surface area contributed by atoms with Crippen molar-refractivity contribution in [2.75, 3.05) is 0 Å². The number of aliphatic imine (C=N–C) groups is 1. The second-order valence-electron chi connectivity index (χ2n) is 7.28. The van der Waals surface area contributed by atoms with Gasteiger partial charge in [-0.3, -0.25) is 10.2 Å². The number of amidine groups is 2. The number of fused-ring (bicyclic) bond motifs is 1. The lowest BCUT2D eigenvalue weighted by Crippen LogP contribution is -2.35. The molecule has 0 aromatic heterocycles. The van der Waals surface area contributed by atoms with E-state index in [2.05, 4.69) is 10.1 Å². The highest BCUT2D eigenvalue weighted by Crippen LogP contribution is 2.31. The summed E-state index contributed by atoms with van der Waals surface area (Å²) in [4.78, 5) is 16.8. The van der Waals surface area contributed by atoms with Crippen molar-refractivity contribution in [3.8, 4) is 5.75 Å². The highest BCUT2D eigenvalue weighted by molar-refractivity contribution is 8.27. The molecule has 0 saturated carbocycles. The Hall–Kier alpha value is -4.04. The summed E-state index contributed by atoms with van der Waals surface area (Å²) in [5.74, 6) is -0.217. The molecule has 0 saturated heterocycles. The van der Waals surface area contributed by atoms with Crippen LogP contribution < -0.4 is 4.74 Å². The van der Waals surface area contributed by atoms with Crippen LogP contribution in [0, 0.1) is 11.2 Å². The Morgan fingerprint density at radius 3 is 2.61 bits per heavy atom. The first-order valence-electron chi connectivity index (χ1n) is 10.1. The summed E-state index contributed by atoms with van der Waals surface area (Å²) in [7, 11) is 0. The number of nitrogens with one attached hydrogen (secondary N) is 1. The van der Waals surface area contributed by atoms with Crippen molar-refractivity contribution < 1.29 is 13.9 Å². The van der Waals surface area contributed by atoms with Gasteiger partial charge in [-0.1, -0.05) is 54.6 Å². The average molecular weight is 457 g/mol. The first-order chi connectivity index (χ1) is 16.1. The third-order valence-electron chi connectivity index (χ3n) is 4.96. The van der Waals surface area contributed by atoms with Gasteiger partial charge in [0.2, 0.25) is 5.17 Å². The van der Waals surface area contributed by atoms with Gasteiger partial charge in [0.05, 0.1) is 5.57 Å². The fraction of sp³-hybridized carbons (Fsp3) is 0.0400. The van der Waals surface area contributed by atoms with Gasteiger partial charge < -0.3 is 4.74 Å². The number of nitrogens with zero attached hydrogens (tertiary/aromatic N) is 3. The zero-order valence-electron chi connectivity index (χ0n) is 17.2. The Bertz CT molecular complexity index is 1330. The van der Waals surface area contributed by atoms with Crippen LogP contribution in [0.3, 0.4) is 0 Å². The Kier molecular flexibility index (Phi) is 5.58. The zero-order chi connectivity index (χ0) is 22.8. The second-order valence-corrected chi connectivity index (χ2v) is 8.23. The molecule has 0 radical (unpaired) electrons. The Labute approximate surface area is 193 Å². The van der Waals surface area contributed by atoms with Crippen LogP contribution in [0.2, 0.25) is 0 Å². The molecule has 1 N–H and O–H groups in total. The molecule has 1 amide bonds. The second kappa shape index (κ2) is 8.84. The molecule has 5 rings (SSSR count). The minimum atomic E-state index is -0.485. The van der Waals surface area contributed by atoms with Gasteiger partial charge in [0.15, 0.2) is 5.84 Å². The summed E-state index contributed by atoms with van der Waals surface area (Å²) < 4.78 is 18.9. The summed E-state index contributed by atoms with van der Waals surface area (Å²) in [6.07, 6.45) is 1.61. The van der Waals surface area contributed by atoms with Gasteiger partial charge in [-0.25, -0.2) is 4.39 Å². The number of thioether (sulfide) groups is 1. The number of ether oxygens (including phenoxy) is 1. The van der Waals surface area contributed by atoms with Crippen LogP contribution in [0.5, 0.6) is 5.75 Å². The fourth-order valence-electron chi connectivity index (χ4n) is 3.30. The quantitative estimate of drug-likeness (QED) is 0.544. The molecule has 0 unspecified atom stereocenters. The number of hydrogen-bond acceptors (Lipinski definition) is 5. The van der Waals surface area contributed by atoms with Gasteiger partial charge in [-0.15, -0.1) is 0 Å². The number of carbonyl (C=O) groups excluding carboxylic acids is 1. The molecule has 162 valence electrons. The predicted octanol–water partition coefficient (Wildman–Crippen LogP) is 5.07. The smallest absolute Gasteiger partial charge is 0.283 e. The van der Waals surface area contributed by atoms with E-state index in [-0.39, 0.29) is 23.8 Å². The van der Waals surface area contributed by atoms with Gasteiger partial charge in [0.1, 0.15) is 23.2 Å². The van der Waals surface area contributed by atoms with E-state index in [1.54, 1.807) is 36.4 Å². The number of benzene rings is 3. The molecule has 0 aliphatic carbocycles. The molecule has 3 aromatic carbocycles. The van der Waals surface area contributed by atoms with Crippen molar-refractivity contribution in [1.82, 2.24) is 5.01 Å². The van der Waals surface area contributed by atoms with Crippen LogP contribution in [0.1, 0.15) is 16.7 Å². The van der Waals surface area contributed by atoms with Crippen LogP contribution >= 0.6 is 11.8 Å². The highest BCUT2D eigenvalue weighted by atomic mass is 32.2. The van der Waals surface area contributed by atoms with E-state index < -0.39 is 5.91 Å². The SMILES string of the molecule is N=C1C(=Cc2cccc(OCc3ccc(F)cc3)c2)C(=O)N=C2SC(c3ccccc3)=NN12. The lowest BCUT2D eigenvalue weighted by molar-refractivity contribution is -0.114.